The minimum Gasteiger partial charge on any atom is -0.480 e. The summed E-state index contributed by atoms with van der Waals surface area (Å²) in [5.74, 6) is -0.906. The molecule has 2 unspecified atom stereocenters. The van der Waals surface area contributed by atoms with Gasteiger partial charge in [0.05, 0.1) is 5.41 Å². The molecule has 1 aliphatic heterocycles. The fourth-order valence-corrected chi connectivity index (χ4v) is 2.75. The van der Waals surface area contributed by atoms with Gasteiger partial charge in [0, 0.05) is 13.1 Å². The Morgan fingerprint density at radius 1 is 1.47 bits per heavy atom. The van der Waals surface area contributed by atoms with Crippen molar-refractivity contribution in [3.8, 4) is 0 Å². The number of carbonyl (C=O) groups excluding carboxylic acids is 1. The highest BCUT2D eigenvalue weighted by molar-refractivity contribution is 5.90. The van der Waals surface area contributed by atoms with Crippen LogP contribution in [0.5, 0.6) is 0 Å². The molecule has 0 spiro atoms. The Kier molecular flexibility index (Phi) is 3.12. The summed E-state index contributed by atoms with van der Waals surface area (Å²) in [7, 11) is 0. The van der Waals surface area contributed by atoms with Crippen LogP contribution in [0.2, 0.25) is 0 Å². The minimum absolute atomic E-state index is 0.0266. The monoisotopic (exact) mass is 240 g/mol. The van der Waals surface area contributed by atoms with E-state index in [0.717, 1.165) is 25.7 Å². The fourth-order valence-electron chi connectivity index (χ4n) is 2.75. The second-order valence-corrected chi connectivity index (χ2v) is 5.39. The van der Waals surface area contributed by atoms with E-state index in [-0.39, 0.29) is 11.8 Å². The van der Waals surface area contributed by atoms with E-state index >= 15 is 0 Å². The number of hydrogen-bond acceptors (Lipinski definition) is 3. The molecule has 1 saturated carbocycles. The first-order chi connectivity index (χ1) is 8.02. The van der Waals surface area contributed by atoms with Gasteiger partial charge in [0.1, 0.15) is 6.04 Å². The molecule has 3 N–H and O–H groups in total. The minimum atomic E-state index is -0.890. The Bertz CT molecular complexity index is 339. The molecule has 2 atom stereocenters. The van der Waals surface area contributed by atoms with Gasteiger partial charge in [-0.25, -0.2) is 4.79 Å². The zero-order valence-corrected chi connectivity index (χ0v) is 10.2. The second-order valence-electron chi connectivity index (χ2n) is 5.39. The Labute approximate surface area is 101 Å². The number of nitrogens with zero attached hydrogens (tertiary/aromatic N) is 1. The van der Waals surface area contributed by atoms with Gasteiger partial charge in [0.15, 0.2) is 0 Å². The number of nitrogens with two attached hydrogens (primary N) is 1. The quantitative estimate of drug-likeness (QED) is 0.749. The van der Waals surface area contributed by atoms with Crippen LogP contribution in [-0.2, 0) is 9.59 Å². The lowest BCUT2D eigenvalue weighted by Crippen LogP contribution is -2.55. The lowest BCUT2D eigenvalue weighted by molar-refractivity contribution is -0.157. The third kappa shape index (κ3) is 2.04. The van der Waals surface area contributed by atoms with Crippen LogP contribution in [0.1, 0.15) is 32.6 Å². The molecule has 2 fully saturated rings. The molecule has 2 rings (SSSR count). The van der Waals surface area contributed by atoms with E-state index in [1.54, 1.807) is 4.90 Å². The molecule has 0 aromatic heterocycles. The summed E-state index contributed by atoms with van der Waals surface area (Å²) in [5.41, 5.74) is 5.20. The summed E-state index contributed by atoms with van der Waals surface area (Å²) < 4.78 is 0. The van der Waals surface area contributed by atoms with Crippen LogP contribution in [0.4, 0.5) is 0 Å². The van der Waals surface area contributed by atoms with Crippen molar-refractivity contribution in [3.05, 3.63) is 0 Å². The Balaban J connectivity index is 2.17. The molecule has 17 heavy (non-hydrogen) atoms. The average molecular weight is 240 g/mol. The number of piperidine rings is 1. The van der Waals surface area contributed by atoms with Crippen molar-refractivity contribution in [1.82, 2.24) is 4.90 Å². The largest absolute Gasteiger partial charge is 0.480 e. The van der Waals surface area contributed by atoms with E-state index < -0.39 is 17.4 Å². The number of hydrogen-bond donors (Lipinski definition) is 2. The topological polar surface area (TPSA) is 83.6 Å². The first-order valence-electron chi connectivity index (χ1n) is 6.26. The summed E-state index contributed by atoms with van der Waals surface area (Å²) in [5, 5.41) is 9.26. The molecule has 0 aromatic rings. The van der Waals surface area contributed by atoms with Crippen molar-refractivity contribution in [2.75, 3.05) is 13.1 Å². The number of carboxylic acids is 1. The van der Waals surface area contributed by atoms with Crippen LogP contribution in [0.15, 0.2) is 0 Å². The van der Waals surface area contributed by atoms with Gasteiger partial charge >= 0.3 is 5.97 Å². The van der Waals surface area contributed by atoms with Crippen molar-refractivity contribution in [1.29, 1.82) is 0 Å². The summed E-state index contributed by atoms with van der Waals surface area (Å²) in [6.07, 6.45) is 3.37. The highest BCUT2D eigenvalue weighted by Crippen LogP contribution is 2.47. The van der Waals surface area contributed by atoms with Gasteiger partial charge in [-0.3, -0.25) is 4.79 Å². The van der Waals surface area contributed by atoms with Crippen LogP contribution < -0.4 is 5.73 Å². The molecule has 5 nitrogen and oxygen atoms in total. The first kappa shape index (κ1) is 12.4. The predicted octanol–water partition coefficient (Wildman–Crippen LogP) is 0.437. The molecule has 1 aliphatic carbocycles. The van der Waals surface area contributed by atoms with E-state index in [4.69, 9.17) is 5.73 Å². The first-order valence-corrected chi connectivity index (χ1v) is 6.26. The Morgan fingerprint density at radius 2 is 2.12 bits per heavy atom. The smallest absolute Gasteiger partial charge is 0.326 e. The average Bonchev–Trinajstić information content (AvgIpc) is 3.08. The summed E-state index contributed by atoms with van der Waals surface area (Å²) in [6, 6.07) is -0.666. The number of amides is 1. The number of carboxylic acid groups (broad SMARTS) is 1. The van der Waals surface area contributed by atoms with Gasteiger partial charge in [-0.2, -0.15) is 0 Å². The van der Waals surface area contributed by atoms with E-state index in [2.05, 4.69) is 0 Å². The summed E-state index contributed by atoms with van der Waals surface area (Å²) in [4.78, 5) is 25.2. The summed E-state index contributed by atoms with van der Waals surface area (Å²) >= 11 is 0. The molecule has 96 valence electrons. The van der Waals surface area contributed by atoms with Crippen LogP contribution >= 0.6 is 0 Å². The normalized spacial score (nSPS) is 31.1. The third-order valence-electron chi connectivity index (χ3n) is 4.15. The molecule has 2 aliphatic rings. The number of aliphatic carboxylic acids is 1. The molecular weight excluding hydrogens is 220 g/mol. The maximum Gasteiger partial charge on any atom is 0.326 e. The van der Waals surface area contributed by atoms with Crippen LogP contribution in [0, 0.1) is 11.3 Å². The molecule has 0 radical (unpaired) electrons. The van der Waals surface area contributed by atoms with E-state index in [0.29, 0.717) is 13.1 Å². The van der Waals surface area contributed by atoms with Gasteiger partial charge < -0.3 is 15.7 Å². The lowest BCUT2D eigenvalue weighted by Gasteiger charge is -2.39. The zero-order valence-electron chi connectivity index (χ0n) is 10.2. The molecule has 0 bridgehead atoms. The highest BCUT2D eigenvalue weighted by Gasteiger charge is 2.53. The standard InChI is InChI=1S/C12H20N2O3/c1-8-3-2-6-14(9(8)10(15)16)11(17)12(7-13)4-5-12/h8-9H,2-7,13H2,1H3,(H,15,16). The van der Waals surface area contributed by atoms with Crippen molar-refractivity contribution < 1.29 is 14.7 Å². The number of rotatable bonds is 3. The Morgan fingerprint density at radius 3 is 2.59 bits per heavy atom. The maximum atomic E-state index is 12.4. The zero-order chi connectivity index (χ0) is 12.6. The van der Waals surface area contributed by atoms with Gasteiger partial charge in [-0.05, 0) is 31.6 Å². The molecule has 1 amide bonds. The van der Waals surface area contributed by atoms with Gasteiger partial charge in [0.2, 0.25) is 5.91 Å². The van der Waals surface area contributed by atoms with Crippen LogP contribution in [-0.4, -0.2) is 41.0 Å². The SMILES string of the molecule is CC1CCCN(C(=O)C2(CN)CC2)C1C(=O)O. The lowest BCUT2D eigenvalue weighted by atomic mass is 9.89. The molecule has 0 aromatic carbocycles. The molecular formula is C12H20N2O3. The molecule has 1 heterocycles. The maximum absolute atomic E-state index is 12.4. The molecule has 1 saturated heterocycles. The van der Waals surface area contributed by atoms with Crippen molar-refractivity contribution in [3.63, 3.8) is 0 Å². The van der Waals surface area contributed by atoms with Crippen molar-refractivity contribution in [2.24, 2.45) is 17.1 Å². The Hall–Kier alpha value is -1.10. The van der Waals surface area contributed by atoms with Crippen molar-refractivity contribution >= 4 is 11.9 Å². The fraction of sp³-hybridized carbons (Fsp3) is 0.833. The van der Waals surface area contributed by atoms with Crippen molar-refractivity contribution in [2.45, 2.75) is 38.6 Å². The van der Waals surface area contributed by atoms with E-state index in [1.165, 1.54) is 0 Å². The predicted molar refractivity (Wildman–Crippen MR) is 62.3 cm³/mol. The molecule has 5 heteroatoms. The van der Waals surface area contributed by atoms with Gasteiger partial charge in [0.25, 0.3) is 0 Å². The van der Waals surface area contributed by atoms with Crippen LogP contribution in [0.3, 0.4) is 0 Å². The number of likely N-dealkylation sites (tertiary alicyclic amines) is 1. The summed E-state index contributed by atoms with van der Waals surface area (Å²) in [6.45, 7) is 2.80. The van der Waals surface area contributed by atoms with E-state index in [9.17, 15) is 14.7 Å². The van der Waals surface area contributed by atoms with Crippen LogP contribution in [0.25, 0.3) is 0 Å². The van der Waals surface area contributed by atoms with Gasteiger partial charge in [-0.1, -0.05) is 6.92 Å². The van der Waals surface area contributed by atoms with E-state index in [1.807, 2.05) is 6.92 Å². The van der Waals surface area contributed by atoms with Gasteiger partial charge in [-0.15, -0.1) is 0 Å². The second kappa shape index (κ2) is 4.29. The third-order valence-corrected chi connectivity index (χ3v) is 4.15. The number of carbonyl (C=O) groups is 2. The highest BCUT2D eigenvalue weighted by atomic mass is 16.4.